The van der Waals surface area contributed by atoms with Crippen LogP contribution in [-0.4, -0.2) is 16.1 Å². The molecular weight excluding hydrogens is 438 g/mol. The highest BCUT2D eigenvalue weighted by atomic mass is 32.1. The molecule has 0 saturated heterocycles. The minimum Gasteiger partial charge on any atom is -0.478 e. The third-order valence-electron chi connectivity index (χ3n) is 6.06. The van der Waals surface area contributed by atoms with Crippen LogP contribution >= 0.6 is 22.7 Å². The van der Waals surface area contributed by atoms with E-state index in [1.807, 2.05) is 30.3 Å². The predicted octanol–water partition coefficient (Wildman–Crippen LogP) is 6.43. The first kappa shape index (κ1) is 21.0. The number of hydrogen-bond acceptors (Lipinski definition) is 6. The Hall–Kier alpha value is -2.90. The maximum absolute atomic E-state index is 12.1. The highest BCUT2D eigenvalue weighted by molar-refractivity contribution is 7.22. The number of hydrogen-bond donors (Lipinski definition) is 3. The van der Waals surface area contributed by atoms with Gasteiger partial charge in [-0.1, -0.05) is 49.4 Å². The number of nitrogens with two attached hydrogens (primary N) is 1. The molecule has 7 heteroatoms. The van der Waals surface area contributed by atoms with Crippen LogP contribution in [0.1, 0.15) is 46.6 Å². The molecule has 0 radical (unpaired) electrons. The molecule has 0 amide bonds. The molecule has 0 bridgehead atoms. The van der Waals surface area contributed by atoms with E-state index in [4.69, 9.17) is 5.73 Å². The first-order valence-corrected chi connectivity index (χ1v) is 12.3. The molecule has 2 aromatic carbocycles. The molecule has 5 nitrogen and oxygen atoms in total. The quantitative estimate of drug-likeness (QED) is 0.297. The van der Waals surface area contributed by atoms with E-state index < -0.39 is 5.97 Å². The zero-order chi connectivity index (χ0) is 22.5. The summed E-state index contributed by atoms with van der Waals surface area (Å²) in [6, 6.07) is 13.9. The summed E-state index contributed by atoms with van der Waals surface area (Å²) in [7, 11) is 0. The van der Waals surface area contributed by atoms with E-state index in [0.29, 0.717) is 12.1 Å². The number of aromatic carboxylic acids is 1. The van der Waals surface area contributed by atoms with Crippen molar-refractivity contribution in [3.05, 3.63) is 64.0 Å². The summed E-state index contributed by atoms with van der Waals surface area (Å²) in [5, 5.41) is 14.2. The molecule has 4 aromatic rings. The summed E-state index contributed by atoms with van der Waals surface area (Å²) in [5.74, 6) is -0.822. The number of anilines is 2. The molecule has 164 valence electrons. The fourth-order valence-corrected chi connectivity index (χ4v) is 6.54. The molecule has 0 atom stereocenters. The maximum Gasteiger partial charge on any atom is 0.337 e. The van der Waals surface area contributed by atoms with E-state index in [2.05, 4.69) is 36.3 Å². The van der Waals surface area contributed by atoms with Crippen LogP contribution in [0.4, 0.5) is 10.8 Å². The molecule has 1 aliphatic carbocycles. The topological polar surface area (TPSA) is 88.2 Å². The Labute approximate surface area is 194 Å². The second-order valence-electron chi connectivity index (χ2n) is 9.15. The van der Waals surface area contributed by atoms with Gasteiger partial charge in [-0.05, 0) is 59.6 Å². The van der Waals surface area contributed by atoms with Crippen molar-refractivity contribution in [2.24, 2.45) is 5.41 Å². The lowest BCUT2D eigenvalue weighted by atomic mass is 9.76. The standard InChI is InChI=1S/C25H25N3O2S2/c1-25(2)10-9-19-17(12-25)21(23(29)30)22(31-19)15-5-3-14(4-6-15)13-27-24-28-18-8-7-16(26)11-20(18)32-24/h3-8,11H,9-10,12-13,26H2,1-2H3,(H,27,28)(H,29,30). The third-order valence-corrected chi connectivity index (χ3v) is 8.38. The molecule has 0 unspecified atom stereocenters. The molecule has 0 spiro atoms. The molecule has 32 heavy (non-hydrogen) atoms. The Morgan fingerprint density at radius 2 is 1.97 bits per heavy atom. The average molecular weight is 464 g/mol. The number of nitrogens with zero attached hydrogens (tertiary/aromatic N) is 1. The third kappa shape index (κ3) is 3.98. The molecular formula is C25H25N3O2S2. The van der Waals surface area contributed by atoms with E-state index in [1.54, 1.807) is 22.7 Å². The number of nitrogen functional groups attached to an aromatic ring is 1. The minimum absolute atomic E-state index is 0.150. The number of thiophene rings is 1. The Morgan fingerprint density at radius 1 is 1.19 bits per heavy atom. The van der Waals surface area contributed by atoms with Gasteiger partial charge in [-0.25, -0.2) is 9.78 Å². The van der Waals surface area contributed by atoms with E-state index >= 15 is 0 Å². The van der Waals surface area contributed by atoms with Crippen LogP contribution in [0.25, 0.3) is 20.7 Å². The fourth-order valence-electron chi connectivity index (χ4n) is 4.32. The summed E-state index contributed by atoms with van der Waals surface area (Å²) < 4.78 is 1.06. The molecule has 1 aliphatic rings. The molecule has 0 aliphatic heterocycles. The van der Waals surface area contributed by atoms with Crippen LogP contribution in [0, 0.1) is 5.41 Å². The zero-order valence-electron chi connectivity index (χ0n) is 18.1. The van der Waals surface area contributed by atoms with Crippen molar-refractivity contribution >= 4 is 49.7 Å². The van der Waals surface area contributed by atoms with Crippen LogP contribution in [-0.2, 0) is 19.4 Å². The maximum atomic E-state index is 12.1. The van der Waals surface area contributed by atoms with Crippen molar-refractivity contribution < 1.29 is 9.90 Å². The van der Waals surface area contributed by atoms with Crippen molar-refractivity contribution in [3.8, 4) is 10.4 Å². The van der Waals surface area contributed by atoms with Gasteiger partial charge >= 0.3 is 5.97 Å². The second-order valence-corrected chi connectivity index (χ2v) is 11.3. The number of fused-ring (bicyclic) bond motifs is 2. The first-order valence-electron chi connectivity index (χ1n) is 10.7. The second kappa shape index (κ2) is 7.90. The van der Waals surface area contributed by atoms with Gasteiger partial charge in [0.1, 0.15) is 0 Å². The number of aromatic nitrogens is 1. The van der Waals surface area contributed by atoms with Gasteiger partial charge in [0.2, 0.25) is 0 Å². The largest absolute Gasteiger partial charge is 0.478 e. The van der Waals surface area contributed by atoms with Gasteiger partial charge in [0.15, 0.2) is 5.13 Å². The van der Waals surface area contributed by atoms with Crippen LogP contribution in [0.2, 0.25) is 0 Å². The van der Waals surface area contributed by atoms with E-state index in [0.717, 1.165) is 61.9 Å². The van der Waals surface area contributed by atoms with Gasteiger partial charge < -0.3 is 16.2 Å². The molecule has 2 heterocycles. The normalized spacial score (nSPS) is 14.9. The van der Waals surface area contributed by atoms with E-state index in [-0.39, 0.29) is 5.41 Å². The lowest BCUT2D eigenvalue weighted by molar-refractivity contribution is 0.0696. The zero-order valence-corrected chi connectivity index (χ0v) is 19.7. The summed E-state index contributed by atoms with van der Waals surface area (Å²) in [4.78, 5) is 18.9. The fraction of sp³-hybridized carbons (Fsp3) is 0.280. The number of rotatable bonds is 5. The van der Waals surface area contributed by atoms with Crippen molar-refractivity contribution in [3.63, 3.8) is 0 Å². The molecule has 0 saturated carbocycles. The number of nitrogens with one attached hydrogen (secondary N) is 1. The molecule has 2 aromatic heterocycles. The Bertz CT molecular complexity index is 1320. The van der Waals surface area contributed by atoms with Crippen LogP contribution < -0.4 is 11.1 Å². The van der Waals surface area contributed by atoms with E-state index in [9.17, 15) is 9.90 Å². The monoisotopic (exact) mass is 463 g/mol. The Kier molecular flexibility index (Phi) is 5.18. The first-order chi connectivity index (χ1) is 15.3. The van der Waals surface area contributed by atoms with Gasteiger partial charge in [-0.2, -0.15) is 0 Å². The van der Waals surface area contributed by atoms with Crippen LogP contribution in [0.3, 0.4) is 0 Å². The average Bonchev–Trinajstić information content (AvgIpc) is 3.32. The van der Waals surface area contributed by atoms with E-state index in [1.165, 1.54) is 4.88 Å². The predicted molar refractivity (Wildman–Crippen MR) is 134 cm³/mol. The highest BCUT2D eigenvalue weighted by Crippen LogP contribution is 2.45. The van der Waals surface area contributed by atoms with Gasteiger partial charge in [0.25, 0.3) is 0 Å². The highest BCUT2D eigenvalue weighted by Gasteiger charge is 2.32. The van der Waals surface area contributed by atoms with Crippen molar-refractivity contribution in [2.75, 3.05) is 11.1 Å². The van der Waals surface area contributed by atoms with Gasteiger partial charge in [-0.15, -0.1) is 11.3 Å². The molecule has 0 fully saturated rings. The smallest absolute Gasteiger partial charge is 0.337 e. The van der Waals surface area contributed by atoms with Crippen LogP contribution in [0.5, 0.6) is 0 Å². The van der Waals surface area contributed by atoms with Crippen molar-refractivity contribution in [1.29, 1.82) is 0 Å². The molecule has 5 rings (SSSR count). The number of thiazole rings is 1. The van der Waals surface area contributed by atoms with Crippen molar-refractivity contribution in [2.45, 2.75) is 39.7 Å². The van der Waals surface area contributed by atoms with Gasteiger partial charge in [0.05, 0.1) is 15.8 Å². The van der Waals surface area contributed by atoms with Gasteiger partial charge in [0, 0.05) is 22.0 Å². The van der Waals surface area contributed by atoms with Crippen LogP contribution in [0.15, 0.2) is 42.5 Å². The summed E-state index contributed by atoms with van der Waals surface area (Å²) in [6.07, 6.45) is 2.89. The number of carboxylic acid groups (broad SMARTS) is 1. The lowest BCUT2D eigenvalue weighted by Gasteiger charge is -2.29. The minimum atomic E-state index is -0.822. The molecule has 4 N–H and O–H groups in total. The number of carboxylic acids is 1. The number of carbonyl (C=O) groups is 1. The Morgan fingerprint density at radius 3 is 2.72 bits per heavy atom. The number of aryl methyl sites for hydroxylation is 1. The van der Waals surface area contributed by atoms with Gasteiger partial charge in [-0.3, -0.25) is 0 Å². The summed E-state index contributed by atoms with van der Waals surface area (Å²) in [6.45, 7) is 5.10. The number of benzene rings is 2. The Balaban J connectivity index is 1.36. The summed E-state index contributed by atoms with van der Waals surface area (Å²) in [5.41, 5.74) is 11.3. The lowest BCUT2D eigenvalue weighted by Crippen LogP contribution is -2.22. The van der Waals surface area contributed by atoms with Crippen molar-refractivity contribution in [1.82, 2.24) is 4.98 Å². The SMILES string of the molecule is CC1(C)CCc2sc(-c3ccc(CNc4nc5ccc(N)cc5s4)cc3)c(C(=O)O)c2C1. The summed E-state index contributed by atoms with van der Waals surface area (Å²) >= 11 is 3.23.